The van der Waals surface area contributed by atoms with Crippen LogP contribution < -0.4 is 0 Å². The summed E-state index contributed by atoms with van der Waals surface area (Å²) in [6.45, 7) is 4.91. The molecular weight excluding hydrogens is 260 g/mol. The molecule has 0 amide bonds. The SMILES string of the molecule is C[C@@]12CCC[C@H]1[C@H]1[C@@H](CC2)[C@@]2(C)CCCCC2CC1(O)O. The van der Waals surface area contributed by atoms with E-state index in [0.29, 0.717) is 35.0 Å². The van der Waals surface area contributed by atoms with E-state index >= 15 is 0 Å². The summed E-state index contributed by atoms with van der Waals surface area (Å²) in [6.07, 6.45) is 12.2. The molecule has 0 aliphatic heterocycles. The van der Waals surface area contributed by atoms with Gasteiger partial charge in [0, 0.05) is 12.3 Å². The van der Waals surface area contributed by atoms with Gasteiger partial charge in [-0.25, -0.2) is 0 Å². The van der Waals surface area contributed by atoms with Crippen LogP contribution in [0.4, 0.5) is 0 Å². The maximum Gasteiger partial charge on any atom is 0.166 e. The topological polar surface area (TPSA) is 40.5 Å². The van der Waals surface area contributed by atoms with E-state index in [0.717, 1.165) is 0 Å². The smallest absolute Gasteiger partial charge is 0.166 e. The van der Waals surface area contributed by atoms with E-state index in [1.54, 1.807) is 0 Å². The van der Waals surface area contributed by atoms with Crippen molar-refractivity contribution in [1.29, 1.82) is 0 Å². The quantitative estimate of drug-likeness (QED) is 0.660. The van der Waals surface area contributed by atoms with E-state index in [2.05, 4.69) is 13.8 Å². The maximum absolute atomic E-state index is 10.9. The van der Waals surface area contributed by atoms with Gasteiger partial charge in [-0.15, -0.1) is 0 Å². The number of hydrogen-bond donors (Lipinski definition) is 2. The second kappa shape index (κ2) is 4.47. The van der Waals surface area contributed by atoms with Crippen LogP contribution in [0.25, 0.3) is 0 Å². The van der Waals surface area contributed by atoms with Gasteiger partial charge in [0.15, 0.2) is 5.79 Å². The Bertz CT molecular complexity index is 431. The number of fused-ring (bicyclic) bond motifs is 5. The Labute approximate surface area is 129 Å². The van der Waals surface area contributed by atoms with Gasteiger partial charge in [-0.2, -0.15) is 0 Å². The largest absolute Gasteiger partial charge is 0.365 e. The molecule has 6 atom stereocenters. The van der Waals surface area contributed by atoms with Crippen molar-refractivity contribution >= 4 is 0 Å². The molecule has 4 fully saturated rings. The summed E-state index contributed by atoms with van der Waals surface area (Å²) in [4.78, 5) is 0. The summed E-state index contributed by atoms with van der Waals surface area (Å²) in [6, 6.07) is 0. The van der Waals surface area contributed by atoms with Crippen LogP contribution in [0, 0.1) is 34.5 Å². The third-order valence-corrected chi connectivity index (χ3v) is 8.43. The van der Waals surface area contributed by atoms with Gasteiger partial charge in [0.05, 0.1) is 0 Å². The Morgan fingerprint density at radius 3 is 2.43 bits per heavy atom. The van der Waals surface area contributed by atoms with Crippen molar-refractivity contribution in [2.45, 2.75) is 83.8 Å². The van der Waals surface area contributed by atoms with Crippen LogP contribution in [-0.2, 0) is 0 Å². The maximum atomic E-state index is 10.9. The van der Waals surface area contributed by atoms with Gasteiger partial charge in [-0.3, -0.25) is 0 Å². The fraction of sp³-hybridized carbons (Fsp3) is 1.00. The molecule has 0 aromatic heterocycles. The molecule has 0 saturated heterocycles. The fourth-order valence-corrected chi connectivity index (χ4v) is 7.27. The van der Waals surface area contributed by atoms with Gasteiger partial charge in [0.2, 0.25) is 0 Å². The van der Waals surface area contributed by atoms with Gasteiger partial charge < -0.3 is 10.2 Å². The molecule has 4 aliphatic rings. The molecule has 0 radical (unpaired) electrons. The van der Waals surface area contributed by atoms with E-state index in [-0.39, 0.29) is 5.92 Å². The number of rotatable bonds is 0. The number of hydrogen-bond acceptors (Lipinski definition) is 2. The van der Waals surface area contributed by atoms with Crippen molar-refractivity contribution in [3.63, 3.8) is 0 Å². The highest BCUT2D eigenvalue weighted by Gasteiger charge is 2.64. The normalized spacial score (nSPS) is 55.4. The average Bonchev–Trinajstić information content (AvgIpc) is 2.80. The van der Waals surface area contributed by atoms with E-state index in [9.17, 15) is 10.2 Å². The zero-order valence-electron chi connectivity index (χ0n) is 13.8. The van der Waals surface area contributed by atoms with Crippen molar-refractivity contribution in [2.75, 3.05) is 0 Å². The molecule has 120 valence electrons. The van der Waals surface area contributed by atoms with Crippen LogP contribution in [0.1, 0.15) is 78.1 Å². The minimum atomic E-state index is -1.40. The Morgan fingerprint density at radius 2 is 1.62 bits per heavy atom. The predicted octanol–water partition coefficient (Wildman–Crippen LogP) is 4.10. The second-order valence-corrected chi connectivity index (χ2v) is 9.35. The molecule has 2 heteroatoms. The summed E-state index contributed by atoms with van der Waals surface area (Å²) in [7, 11) is 0. The van der Waals surface area contributed by atoms with E-state index in [4.69, 9.17) is 0 Å². The molecule has 4 rings (SSSR count). The van der Waals surface area contributed by atoms with Crippen molar-refractivity contribution in [1.82, 2.24) is 0 Å². The Morgan fingerprint density at radius 1 is 0.810 bits per heavy atom. The monoisotopic (exact) mass is 292 g/mol. The van der Waals surface area contributed by atoms with E-state index < -0.39 is 5.79 Å². The second-order valence-electron chi connectivity index (χ2n) is 9.35. The fourth-order valence-electron chi connectivity index (χ4n) is 7.27. The Kier molecular flexibility index (Phi) is 3.09. The Hall–Kier alpha value is -0.0800. The van der Waals surface area contributed by atoms with E-state index in [1.807, 2.05) is 0 Å². The molecule has 2 nitrogen and oxygen atoms in total. The first-order chi connectivity index (χ1) is 9.87. The summed E-state index contributed by atoms with van der Waals surface area (Å²) >= 11 is 0. The lowest BCUT2D eigenvalue weighted by Crippen LogP contribution is -2.62. The highest BCUT2D eigenvalue weighted by Crippen LogP contribution is 2.67. The van der Waals surface area contributed by atoms with Crippen LogP contribution in [0.15, 0.2) is 0 Å². The molecule has 4 aliphatic carbocycles. The highest BCUT2D eigenvalue weighted by atomic mass is 16.5. The minimum Gasteiger partial charge on any atom is -0.365 e. The minimum absolute atomic E-state index is 0.137. The molecule has 0 aromatic rings. The first-order valence-corrected chi connectivity index (χ1v) is 9.32. The summed E-state index contributed by atoms with van der Waals surface area (Å²) in [5.74, 6) is 0.364. The van der Waals surface area contributed by atoms with Gasteiger partial charge in [-0.1, -0.05) is 33.1 Å². The van der Waals surface area contributed by atoms with Crippen molar-refractivity contribution in [3.8, 4) is 0 Å². The molecule has 2 N–H and O–H groups in total. The lowest BCUT2D eigenvalue weighted by molar-refractivity contribution is -0.300. The summed E-state index contributed by atoms with van der Waals surface area (Å²) < 4.78 is 0. The molecule has 21 heavy (non-hydrogen) atoms. The first-order valence-electron chi connectivity index (χ1n) is 9.32. The van der Waals surface area contributed by atoms with Crippen molar-refractivity contribution in [2.24, 2.45) is 34.5 Å². The van der Waals surface area contributed by atoms with Gasteiger partial charge in [0.25, 0.3) is 0 Å². The molecule has 0 spiro atoms. The van der Waals surface area contributed by atoms with Crippen LogP contribution in [0.2, 0.25) is 0 Å². The molecule has 0 aromatic carbocycles. The standard InChI is InChI=1S/C19H32O2/c1-17-9-5-7-14(17)16-15(8-11-17)18(2)10-4-3-6-13(18)12-19(16,20)21/h13-16,20-21H,3-12H2,1-2H3/t13?,14-,15+,16-,17-,18-/m0/s1. The summed E-state index contributed by atoms with van der Waals surface area (Å²) in [5.41, 5.74) is 0.761. The third-order valence-electron chi connectivity index (χ3n) is 8.43. The zero-order valence-corrected chi connectivity index (χ0v) is 13.8. The van der Waals surface area contributed by atoms with Crippen LogP contribution in [-0.4, -0.2) is 16.0 Å². The summed E-state index contributed by atoms with van der Waals surface area (Å²) in [5, 5.41) is 21.9. The highest BCUT2D eigenvalue weighted by molar-refractivity contribution is 5.10. The lowest BCUT2D eigenvalue weighted by atomic mass is 9.44. The van der Waals surface area contributed by atoms with E-state index in [1.165, 1.54) is 57.8 Å². The van der Waals surface area contributed by atoms with Crippen molar-refractivity contribution < 1.29 is 10.2 Å². The first kappa shape index (κ1) is 14.5. The molecule has 4 saturated carbocycles. The number of aliphatic hydroxyl groups is 2. The van der Waals surface area contributed by atoms with Gasteiger partial charge in [-0.05, 0) is 67.1 Å². The van der Waals surface area contributed by atoms with Crippen molar-refractivity contribution in [3.05, 3.63) is 0 Å². The predicted molar refractivity (Wildman–Crippen MR) is 83.5 cm³/mol. The van der Waals surface area contributed by atoms with Crippen LogP contribution in [0.3, 0.4) is 0 Å². The third kappa shape index (κ3) is 1.91. The van der Waals surface area contributed by atoms with Gasteiger partial charge in [0.1, 0.15) is 0 Å². The van der Waals surface area contributed by atoms with Gasteiger partial charge >= 0.3 is 0 Å². The van der Waals surface area contributed by atoms with Crippen LogP contribution >= 0.6 is 0 Å². The molecular formula is C19H32O2. The lowest BCUT2D eigenvalue weighted by Gasteiger charge is -2.63. The molecule has 0 bridgehead atoms. The average molecular weight is 292 g/mol. The molecule has 1 unspecified atom stereocenters. The Balaban J connectivity index is 1.74. The zero-order chi connectivity index (χ0) is 14.9. The molecule has 0 heterocycles. The van der Waals surface area contributed by atoms with Crippen LogP contribution in [0.5, 0.6) is 0 Å².